The van der Waals surface area contributed by atoms with Gasteiger partial charge < -0.3 is 11.1 Å². The van der Waals surface area contributed by atoms with Crippen LogP contribution in [-0.2, 0) is 4.79 Å². The summed E-state index contributed by atoms with van der Waals surface area (Å²) in [7, 11) is 0. The third-order valence-electron chi connectivity index (χ3n) is 2.73. The fourth-order valence-corrected chi connectivity index (χ4v) is 1.92. The molecule has 1 aromatic carbocycles. The first-order chi connectivity index (χ1) is 8.02. The first-order valence-electron chi connectivity index (χ1n) is 6.10. The van der Waals surface area contributed by atoms with E-state index in [0.29, 0.717) is 13.0 Å². The van der Waals surface area contributed by atoms with Crippen molar-refractivity contribution in [3.05, 3.63) is 34.9 Å². The Morgan fingerprint density at radius 3 is 2.33 bits per heavy atom. The molecule has 0 bridgehead atoms. The standard InChI is InChI=1S/C14H22N2O.ClH/c1-10-7-11(2)9-13(8-10)12(3)16-14(17)5-4-6-15;/h7-9,12H,4-6,15H2,1-3H3,(H,16,17);1H. The Kier molecular flexibility index (Phi) is 7.64. The van der Waals surface area contributed by atoms with Gasteiger partial charge in [-0.05, 0) is 39.3 Å². The number of hydrogen-bond donors (Lipinski definition) is 2. The van der Waals surface area contributed by atoms with E-state index in [4.69, 9.17) is 5.73 Å². The molecule has 18 heavy (non-hydrogen) atoms. The SMILES string of the molecule is Cc1cc(C)cc(C(C)NC(=O)CCCN)c1.Cl. The van der Waals surface area contributed by atoms with E-state index < -0.39 is 0 Å². The van der Waals surface area contributed by atoms with Gasteiger partial charge in [-0.15, -0.1) is 12.4 Å². The largest absolute Gasteiger partial charge is 0.350 e. The topological polar surface area (TPSA) is 55.1 Å². The van der Waals surface area contributed by atoms with Crippen LogP contribution in [0.2, 0.25) is 0 Å². The van der Waals surface area contributed by atoms with Gasteiger partial charge in [0.15, 0.2) is 0 Å². The van der Waals surface area contributed by atoms with Gasteiger partial charge in [0.25, 0.3) is 0 Å². The molecule has 4 heteroatoms. The average molecular weight is 271 g/mol. The predicted molar refractivity (Wildman–Crippen MR) is 78.0 cm³/mol. The summed E-state index contributed by atoms with van der Waals surface area (Å²) in [6.45, 7) is 6.71. The molecule has 1 unspecified atom stereocenters. The minimum Gasteiger partial charge on any atom is -0.350 e. The van der Waals surface area contributed by atoms with Gasteiger partial charge in [0.05, 0.1) is 6.04 Å². The molecular formula is C14H23ClN2O. The molecule has 0 heterocycles. The number of carbonyl (C=O) groups is 1. The Bertz CT molecular complexity index is 373. The van der Waals surface area contributed by atoms with E-state index in [2.05, 4.69) is 37.4 Å². The molecule has 3 nitrogen and oxygen atoms in total. The molecule has 0 saturated heterocycles. The van der Waals surface area contributed by atoms with Gasteiger partial charge in [0.2, 0.25) is 5.91 Å². The van der Waals surface area contributed by atoms with Crippen molar-refractivity contribution in [1.29, 1.82) is 0 Å². The number of hydrogen-bond acceptors (Lipinski definition) is 2. The highest BCUT2D eigenvalue weighted by Gasteiger charge is 2.09. The summed E-state index contributed by atoms with van der Waals surface area (Å²) in [5.41, 5.74) is 8.98. The molecule has 0 radical (unpaired) electrons. The van der Waals surface area contributed by atoms with Gasteiger partial charge in [0, 0.05) is 6.42 Å². The van der Waals surface area contributed by atoms with Crippen molar-refractivity contribution in [2.45, 2.75) is 39.7 Å². The van der Waals surface area contributed by atoms with E-state index in [1.165, 1.54) is 11.1 Å². The molecule has 0 aliphatic rings. The monoisotopic (exact) mass is 270 g/mol. The van der Waals surface area contributed by atoms with Crippen molar-refractivity contribution in [3.8, 4) is 0 Å². The summed E-state index contributed by atoms with van der Waals surface area (Å²) in [4.78, 5) is 11.6. The number of rotatable bonds is 5. The van der Waals surface area contributed by atoms with Crippen LogP contribution in [0.15, 0.2) is 18.2 Å². The molecule has 1 amide bonds. The molecule has 0 saturated carbocycles. The van der Waals surface area contributed by atoms with Crippen LogP contribution < -0.4 is 11.1 Å². The minimum absolute atomic E-state index is 0. The molecule has 3 N–H and O–H groups in total. The third kappa shape index (κ3) is 5.52. The van der Waals surface area contributed by atoms with Crippen molar-refractivity contribution in [2.24, 2.45) is 5.73 Å². The van der Waals surface area contributed by atoms with Crippen LogP contribution in [0.1, 0.15) is 42.5 Å². The predicted octanol–water partition coefficient (Wildman–Crippen LogP) is 2.64. The van der Waals surface area contributed by atoms with Crippen LogP contribution in [0.4, 0.5) is 0 Å². The van der Waals surface area contributed by atoms with Gasteiger partial charge in [-0.25, -0.2) is 0 Å². The first-order valence-corrected chi connectivity index (χ1v) is 6.10. The van der Waals surface area contributed by atoms with Crippen molar-refractivity contribution in [2.75, 3.05) is 6.54 Å². The van der Waals surface area contributed by atoms with E-state index in [1.807, 2.05) is 6.92 Å². The summed E-state index contributed by atoms with van der Waals surface area (Å²) < 4.78 is 0. The molecule has 0 aromatic heterocycles. The summed E-state index contributed by atoms with van der Waals surface area (Å²) in [6, 6.07) is 6.41. The number of halogens is 1. The molecule has 1 rings (SSSR count). The molecule has 0 spiro atoms. The fourth-order valence-electron chi connectivity index (χ4n) is 1.92. The Hall–Kier alpha value is -1.06. The van der Waals surface area contributed by atoms with E-state index in [-0.39, 0.29) is 24.4 Å². The van der Waals surface area contributed by atoms with Gasteiger partial charge in [-0.1, -0.05) is 29.3 Å². The second kappa shape index (κ2) is 8.11. The Morgan fingerprint density at radius 1 is 1.28 bits per heavy atom. The summed E-state index contributed by atoms with van der Waals surface area (Å²) in [5, 5.41) is 2.99. The van der Waals surface area contributed by atoms with E-state index in [1.54, 1.807) is 0 Å². The first kappa shape index (κ1) is 16.9. The van der Waals surface area contributed by atoms with Crippen molar-refractivity contribution >= 4 is 18.3 Å². The Labute approximate surface area is 116 Å². The third-order valence-corrected chi connectivity index (χ3v) is 2.73. The number of benzene rings is 1. The van der Waals surface area contributed by atoms with Crippen LogP contribution >= 0.6 is 12.4 Å². The normalized spacial score (nSPS) is 11.6. The zero-order chi connectivity index (χ0) is 12.8. The second-order valence-electron chi connectivity index (χ2n) is 4.60. The number of nitrogens with two attached hydrogens (primary N) is 1. The maximum atomic E-state index is 11.6. The lowest BCUT2D eigenvalue weighted by Crippen LogP contribution is -2.27. The van der Waals surface area contributed by atoms with Crippen LogP contribution in [0.25, 0.3) is 0 Å². The summed E-state index contributed by atoms with van der Waals surface area (Å²) >= 11 is 0. The highest BCUT2D eigenvalue weighted by Crippen LogP contribution is 2.16. The van der Waals surface area contributed by atoms with Crippen molar-refractivity contribution in [3.63, 3.8) is 0 Å². The van der Waals surface area contributed by atoms with Crippen LogP contribution in [0, 0.1) is 13.8 Å². The summed E-state index contributed by atoms with van der Waals surface area (Å²) in [5.74, 6) is 0.0714. The molecule has 102 valence electrons. The molecule has 0 aliphatic carbocycles. The molecule has 0 aliphatic heterocycles. The lowest BCUT2D eigenvalue weighted by Gasteiger charge is -2.15. The lowest BCUT2D eigenvalue weighted by atomic mass is 10.0. The van der Waals surface area contributed by atoms with E-state index >= 15 is 0 Å². The maximum absolute atomic E-state index is 11.6. The lowest BCUT2D eigenvalue weighted by molar-refractivity contribution is -0.121. The van der Waals surface area contributed by atoms with Crippen molar-refractivity contribution in [1.82, 2.24) is 5.32 Å². The van der Waals surface area contributed by atoms with Gasteiger partial charge in [-0.3, -0.25) is 4.79 Å². The number of amides is 1. The van der Waals surface area contributed by atoms with Gasteiger partial charge >= 0.3 is 0 Å². The number of carbonyl (C=O) groups excluding carboxylic acids is 1. The smallest absolute Gasteiger partial charge is 0.220 e. The van der Waals surface area contributed by atoms with Crippen molar-refractivity contribution < 1.29 is 4.79 Å². The van der Waals surface area contributed by atoms with E-state index in [9.17, 15) is 4.79 Å². The Morgan fingerprint density at radius 2 is 1.83 bits per heavy atom. The summed E-state index contributed by atoms with van der Waals surface area (Å²) in [6.07, 6.45) is 1.25. The molecule has 1 atom stereocenters. The van der Waals surface area contributed by atoms with Gasteiger partial charge in [0.1, 0.15) is 0 Å². The van der Waals surface area contributed by atoms with Crippen LogP contribution in [0.5, 0.6) is 0 Å². The quantitative estimate of drug-likeness (QED) is 0.864. The van der Waals surface area contributed by atoms with Crippen LogP contribution in [-0.4, -0.2) is 12.5 Å². The minimum atomic E-state index is 0. The van der Waals surface area contributed by atoms with Gasteiger partial charge in [-0.2, -0.15) is 0 Å². The second-order valence-corrected chi connectivity index (χ2v) is 4.60. The number of aryl methyl sites for hydroxylation is 2. The Balaban J connectivity index is 0.00000289. The van der Waals surface area contributed by atoms with E-state index in [0.717, 1.165) is 12.0 Å². The highest BCUT2D eigenvalue weighted by atomic mass is 35.5. The maximum Gasteiger partial charge on any atom is 0.220 e. The fraction of sp³-hybridized carbons (Fsp3) is 0.500. The zero-order valence-corrected chi connectivity index (χ0v) is 12.1. The number of nitrogens with one attached hydrogen (secondary N) is 1. The molecular weight excluding hydrogens is 248 g/mol. The van der Waals surface area contributed by atoms with Crippen LogP contribution in [0.3, 0.4) is 0 Å². The molecule has 0 fully saturated rings. The average Bonchev–Trinajstić information content (AvgIpc) is 2.25. The highest BCUT2D eigenvalue weighted by molar-refractivity contribution is 5.85. The zero-order valence-electron chi connectivity index (χ0n) is 11.3. The molecule has 1 aromatic rings.